The summed E-state index contributed by atoms with van der Waals surface area (Å²) in [7, 11) is 5.99. The maximum Gasteiger partial charge on any atom is 0.270 e. The number of phenolic OH excluding ortho intramolecular Hbond substituents is 1. The molecule has 0 fully saturated rings. The highest BCUT2D eigenvalue weighted by Crippen LogP contribution is 2.39. The molecule has 0 saturated heterocycles. The van der Waals surface area contributed by atoms with E-state index in [9.17, 15) is 9.90 Å². The molecule has 1 amide bonds. The molecular formula is C23H26N4O2. The fourth-order valence-corrected chi connectivity index (χ4v) is 4.31. The Morgan fingerprint density at radius 2 is 1.90 bits per heavy atom. The summed E-state index contributed by atoms with van der Waals surface area (Å²) in [5.74, 6) is 0.0670. The topological polar surface area (TPSA) is 70.4 Å². The second kappa shape index (κ2) is 7.04. The van der Waals surface area contributed by atoms with Crippen molar-refractivity contribution in [2.45, 2.75) is 13.8 Å². The van der Waals surface area contributed by atoms with Gasteiger partial charge in [0.1, 0.15) is 11.4 Å². The number of phenols is 1. The molecule has 6 nitrogen and oxygen atoms in total. The number of amides is 1. The Labute approximate surface area is 169 Å². The molecule has 0 unspecified atom stereocenters. The number of rotatable bonds is 4. The third kappa shape index (κ3) is 3.00. The van der Waals surface area contributed by atoms with Gasteiger partial charge in [-0.05, 0) is 68.7 Å². The normalized spacial score (nSPS) is 11.8. The lowest BCUT2D eigenvalue weighted by Crippen LogP contribution is -2.32. The minimum Gasteiger partial charge on any atom is -0.508 e. The van der Waals surface area contributed by atoms with Crippen LogP contribution in [0.3, 0.4) is 0 Å². The van der Waals surface area contributed by atoms with Gasteiger partial charge in [-0.2, -0.15) is 0 Å². The van der Waals surface area contributed by atoms with Crippen LogP contribution in [0, 0.1) is 13.8 Å². The van der Waals surface area contributed by atoms with Crippen molar-refractivity contribution in [3.8, 4) is 5.75 Å². The molecular weight excluding hydrogens is 364 g/mol. The number of likely N-dealkylation sites (N-methyl/N-ethyl adjacent to an activating group) is 1. The summed E-state index contributed by atoms with van der Waals surface area (Å²) in [5, 5.41) is 17.0. The Morgan fingerprint density at radius 1 is 1.14 bits per heavy atom. The van der Waals surface area contributed by atoms with E-state index in [4.69, 9.17) is 0 Å². The molecule has 4 aromatic rings. The molecule has 0 aliphatic heterocycles. The lowest BCUT2D eigenvalue weighted by molar-refractivity contribution is 0.0948. The van der Waals surface area contributed by atoms with E-state index in [1.165, 1.54) is 0 Å². The Balaban J connectivity index is 2.02. The quantitative estimate of drug-likeness (QED) is 0.560. The first kappa shape index (κ1) is 19.2. The van der Waals surface area contributed by atoms with E-state index in [-0.39, 0.29) is 11.7 Å². The Hall–Kier alpha value is -3.12. The number of carbonyl (C=O) groups excluding carboxylic acids is 1. The smallest absolute Gasteiger partial charge is 0.270 e. The maximum atomic E-state index is 12.9. The molecule has 0 bridgehead atoms. The van der Waals surface area contributed by atoms with Crippen molar-refractivity contribution in [3.63, 3.8) is 0 Å². The van der Waals surface area contributed by atoms with Crippen molar-refractivity contribution in [3.05, 3.63) is 47.3 Å². The van der Waals surface area contributed by atoms with E-state index in [0.29, 0.717) is 12.2 Å². The summed E-state index contributed by atoms with van der Waals surface area (Å²) in [6, 6.07) is 7.41. The number of aryl methyl sites for hydroxylation is 3. The van der Waals surface area contributed by atoms with Gasteiger partial charge in [0.25, 0.3) is 5.91 Å². The predicted octanol–water partition coefficient (Wildman–Crippen LogP) is 3.49. The molecule has 29 heavy (non-hydrogen) atoms. The highest BCUT2D eigenvalue weighted by molar-refractivity contribution is 6.20. The molecule has 2 heterocycles. The second-order valence-corrected chi connectivity index (χ2v) is 7.88. The van der Waals surface area contributed by atoms with Gasteiger partial charge in [0, 0.05) is 48.0 Å². The Kier molecular flexibility index (Phi) is 4.67. The van der Waals surface area contributed by atoms with E-state index in [2.05, 4.69) is 21.8 Å². The largest absolute Gasteiger partial charge is 0.508 e. The number of fused-ring (bicyclic) bond motifs is 4. The first-order chi connectivity index (χ1) is 13.8. The molecule has 2 aromatic heterocycles. The number of hydrogen-bond acceptors (Lipinski definition) is 4. The lowest BCUT2D eigenvalue weighted by Gasteiger charge is -2.15. The fraction of sp³-hybridized carbons (Fsp3) is 0.304. The summed E-state index contributed by atoms with van der Waals surface area (Å²) in [6.45, 7) is 5.44. The van der Waals surface area contributed by atoms with E-state index >= 15 is 0 Å². The van der Waals surface area contributed by atoms with Crippen LogP contribution in [0.5, 0.6) is 5.75 Å². The summed E-state index contributed by atoms with van der Waals surface area (Å²) in [5.41, 5.74) is 4.71. The molecule has 4 rings (SSSR count). The standard InChI is InChI=1S/C23H26N4O2/c1-13-16-8-9-24-21(23(29)25-10-11-26(3)4)19(16)14(2)20-17-12-15(28)6-7-18(17)27(5)22(13)20/h6-9,12,28H,10-11H2,1-5H3,(H,25,29). The van der Waals surface area contributed by atoms with Crippen LogP contribution in [0.1, 0.15) is 21.6 Å². The molecule has 0 aliphatic carbocycles. The summed E-state index contributed by atoms with van der Waals surface area (Å²) in [4.78, 5) is 19.4. The number of carbonyl (C=O) groups is 1. The van der Waals surface area contributed by atoms with Crippen LogP contribution in [0.25, 0.3) is 32.6 Å². The molecule has 0 spiro atoms. The molecule has 2 N–H and O–H groups in total. The minimum absolute atomic E-state index is 0.164. The van der Waals surface area contributed by atoms with Gasteiger partial charge in [0.05, 0.1) is 5.52 Å². The van der Waals surface area contributed by atoms with Crippen LogP contribution < -0.4 is 5.32 Å². The number of benzene rings is 2. The Morgan fingerprint density at radius 3 is 2.62 bits per heavy atom. The highest BCUT2D eigenvalue weighted by Gasteiger charge is 2.21. The SMILES string of the molecule is Cc1c2c(C(=O)NCCN(C)C)nccc2c(C)c2c1c1cc(O)ccc1n2C. The van der Waals surface area contributed by atoms with Gasteiger partial charge < -0.3 is 19.9 Å². The molecule has 0 atom stereocenters. The number of aromatic hydroxyl groups is 1. The van der Waals surface area contributed by atoms with Crippen LogP contribution in [-0.4, -0.2) is 52.6 Å². The van der Waals surface area contributed by atoms with Crippen LogP contribution in [0.4, 0.5) is 0 Å². The number of hydrogen-bond donors (Lipinski definition) is 2. The third-order valence-corrected chi connectivity index (χ3v) is 5.70. The van der Waals surface area contributed by atoms with Crippen LogP contribution >= 0.6 is 0 Å². The second-order valence-electron chi connectivity index (χ2n) is 7.88. The zero-order valence-corrected chi connectivity index (χ0v) is 17.5. The molecule has 6 heteroatoms. The molecule has 0 saturated carbocycles. The fourth-order valence-electron chi connectivity index (χ4n) is 4.31. The van der Waals surface area contributed by atoms with Crippen molar-refractivity contribution >= 4 is 38.5 Å². The van der Waals surface area contributed by atoms with E-state index in [1.54, 1.807) is 18.3 Å². The molecule has 0 radical (unpaired) electrons. The number of nitrogens with zero attached hydrogens (tertiary/aromatic N) is 3. The van der Waals surface area contributed by atoms with Crippen LogP contribution in [0.15, 0.2) is 30.5 Å². The van der Waals surface area contributed by atoms with E-state index in [1.807, 2.05) is 45.1 Å². The average Bonchev–Trinajstić information content (AvgIpc) is 2.97. The van der Waals surface area contributed by atoms with Gasteiger partial charge >= 0.3 is 0 Å². The van der Waals surface area contributed by atoms with Gasteiger partial charge in [0.2, 0.25) is 0 Å². The number of nitrogens with one attached hydrogen (secondary N) is 1. The van der Waals surface area contributed by atoms with Crippen LogP contribution in [-0.2, 0) is 7.05 Å². The summed E-state index contributed by atoms with van der Waals surface area (Å²) < 4.78 is 2.16. The molecule has 0 aliphatic rings. The van der Waals surface area contributed by atoms with Gasteiger partial charge in [-0.3, -0.25) is 9.78 Å². The highest BCUT2D eigenvalue weighted by atomic mass is 16.3. The summed E-state index contributed by atoms with van der Waals surface area (Å²) in [6.07, 6.45) is 1.70. The zero-order valence-electron chi connectivity index (χ0n) is 17.5. The zero-order chi connectivity index (χ0) is 20.9. The van der Waals surface area contributed by atoms with Crippen molar-refractivity contribution < 1.29 is 9.90 Å². The molecule has 2 aromatic carbocycles. The molecule has 150 valence electrons. The monoisotopic (exact) mass is 390 g/mol. The minimum atomic E-state index is -0.164. The van der Waals surface area contributed by atoms with E-state index < -0.39 is 0 Å². The number of pyridine rings is 1. The van der Waals surface area contributed by atoms with Gasteiger partial charge in [-0.15, -0.1) is 0 Å². The van der Waals surface area contributed by atoms with Gasteiger partial charge in [0.15, 0.2) is 0 Å². The lowest BCUT2D eigenvalue weighted by atomic mass is 9.94. The van der Waals surface area contributed by atoms with Crippen molar-refractivity contribution in [1.29, 1.82) is 0 Å². The Bertz CT molecular complexity index is 1270. The summed E-state index contributed by atoms with van der Waals surface area (Å²) >= 11 is 0. The third-order valence-electron chi connectivity index (χ3n) is 5.70. The van der Waals surface area contributed by atoms with Gasteiger partial charge in [-0.25, -0.2) is 0 Å². The van der Waals surface area contributed by atoms with Crippen molar-refractivity contribution in [2.24, 2.45) is 7.05 Å². The van der Waals surface area contributed by atoms with Gasteiger partial charge in [-0.1, -0.05) is 0 Å². The average molecular weight is 390 g/mol. The maximum absolute atomic E-state index is 12.9. The van der Waals surface area contributed by atoms with Crippen LogP contribution in [0.2, 0.25) is 0 Å². The first-order valence-electron chi connectivity index (χ1n) is 9.73. The predicted molar refractivity (Wildman–Crippen MR) is 118 cm³/mol. The number of aromatic nitrogens is 2. The van der Waals surface area contributed by atoms with Crippen molar-refractivity contribution in [1.82, 2.24) is 19.8 Å². The van der Waals surface area contributed by atoms with E-state index in [0.717, 1.165) is 50.2 Å². The van der Waals surface area contributed by atoms with Crippen molar-refractivity contribution in [2.75, 3.05) is 27.2 Å². The first-order valence-corrected chi connectivity index (χ1v) is 9.73.